The molecule has 0 aromatic heterocycles. The fourth-order valence-corrected chi connectivity index (χ4v) is 1.06. The number of hydrogen-bond donors (Lipinski definition) is 0. The summed E-state index contributed by atoms with van der Waals surface area (Å²) in [6.45, 7) is 0.561. The van der Waals surface area contributed by atoms with E-state index in [0.29, 0.717) is 11.6 Å². The predicted molar refractivity (Wildman–Crippen MR) is 47.2 cm³/mol. The van der Waals surface area contributed by atoms with E-state index in [1.807, 2.05) is 18.2 Å². The minimum Gasteiger partial charge on any atom is -0.369 e. The molecule has 0 aliphatic heterocycles. The Morgan fingerprint density at radius 2 is 2.33 bits per heavy atom. The molecule has 2 nitrogen and oxygen atoms in total. The van der Waals surface area contributed by atoms with Crippen molar-refractivity contribution >= 4 is 17.9 Å². The van der Waals surface area contributed by atoms with E-state index in [9.17, 15) is 4.79 Å². The van der Waals surface area contributed by atoms with Gasteiger partial charge in [0.1, 0.15) is 12.9 Å². The van der Waals surface area contributed by atoms with E-state index in [0.717, 1.165) is 11.8 Å². The molecular weight excluding hydrogens is 176 g/mol. The lowest BCUT2D eigenvalue weighted by Gasteiger charge is -2.00. The van der Waals surface area contributed by atoms with Crippen molar-refractivity contribution in [2.75, 3.05) is 6.61 Å². The third-order valence-electron chi connectivity index (χ3n) is 1.34. The predicted octanol–water partition coefficient (Wildman–Crippen LogP) is 2.06. The second-order valence-electron chi connectivity index (χ2n) is 2.31. The van der Waals surface area contributed by atoms with Crippen LogP contribution >= 0.6 is 11.6 Å². The van der Waals surface area contributed by atoms with Crippen LogP contribution in [0.2, 0.25) is 5.02 Å². The molecule has 0 N–H and O–H groups in total. The van der Waals surface area contributed by atoms with E-state index in [-0.39, 0.29) is 6.61 Å². The zero-order valence-electron chi connectivity index (χ0n) is 6.50. The number of rotatable bonds is 4. The van der Waals surface area contributed by atoms with Crippen molar-refractivity contribution in [1.82, 2.24) is 0 Å². The first-order chi connectivity index (χ1) is 5.83. The van der Waals surface area contributed by atoms with Gasteiger partial charge in [-0.3, -0.25) is 0 Å². The standard InChI is InChI=1S/C9H9ClO2/c10-9-3-1-2-8(6-9)7-12-5-4-11/h1-4,6H,5,7H2. The van der Waals surface area contributed by atoms with Crippen LogP contribution in [0.4, 0.5) is 0 Å². The highest BCUT2D eigenvalue weighted by molar-refractivity contribution is 6.30. The van der Waals surface area contributed by atoms with Gasteiger partial charge in [-0.25, -0.2) is 0 Å². The Balaban J connectivity index is 2.46. The first kappa shape index (κ1) is 9.23. The maximum Gasteiger partial charge on any atom is 0.145 e. The van der Waals surface area contributed by atoms with Gasteiger partial charge in [0.05, 0.1) is 6.61 Å². The Morgan fingerprint density at radius 3 is 3.00 bits per heavy atom. The van der Waals surface area contributed by atoms with Gasteiger partial charge in [0.15, 0.2) is 0 Å². The second-order valence-corrected chi connectivity index (χ2v) is 2.75. The summed E-state index contributed by atoms with van der Waals surface area (Å²) in [7, 11) is 0. The van der Waals surface area contributed by atoms with E-state index in [2.05, 4.69) is 0 Å². The topological polar surface area (TPSA) is 26.3 Å². The molecule has 0 atom stereocenters. The van der Waals surface area contributed by atoms with Crippen molar-refractivity contribution in [1.29, 1.82) is 0 Å². The summed E-state index contributed by atoms with van der Waals surface area (Å²) < 4.78 is 5.00. The average Bonchev–Trinajstić information content (AvgIpc) is 2.05. The van der Waals surface area contributed by atoms with E-state index in [4.69, 9.17) is 16.3 Å². The third kappa shape index (κ3) is 3.03. The molecule has 0 saturated carbocycles. The number of aldehydes is 1. The molecule has 64 valence electrons. The Labute approximate surface area is 76.1 Å². The lowest BCUT2D eigenvalue weighted by molar-refractivity contribution is -0.112. The van der Waals surface area contributed by atoms with Gasteiger partial charge in [-0.1, -0.05) is 23.7 Å². The molecule has 0 radical (unpaired) electrons. The number of benzene rings is 1. The molecule has 0 spiro atoms. The normalized spacial score (nSPS) is 9.75. The van der Waals surface area contributed by atoms with Gasteiger partial charge >= 0.3 is 0 Å². The van der Waals surface area contributed by atoms with E-state index in [1.165, 1.54) is 0 Å². The highest BCUT2D eigenvalue weighted by Crippen LogP contribution is 2.10. The largest absolute Gasteiger partial charge is 0.369 e. The van der Waals surface area contributed by atoms with E-state index < -0.39 is 0 Å². The summed E-state index contributed by atoms with van der Waals surface area (Å²) in [5.41, 5.74) is 0.976. The van der Waals surface area contributed by atoms with Crippen molar-refractivity contribution in [2.24, 2.45) is 0 Å². The zero-order valence-corrected chi connectivity index (χ0v) is 7.25. The molecule has 12 heavy (non-hydrogen) atoms. The Bertz CT molecular complexity index is 260. The molecule has 0 fully saturated rings. The number of ether oxygens (including phenoxy) is 1. The Morgan fingerprint density at radius 1 is 1.50 bits per heavy atom. The summed E-state index contributed by atoms with van der Waals surface area (Å²) in [5, 5.41) is 0.683. The molecule has 1 aromatic rings. The molecule has 0 heterocycles. The monoisotopic (exact) mass is 184 g/mol. The van der Waals surface area contributed by atoms with Crippen LogP contribution in [-0.4, -0.2) is 12.9 Å². The van der Waals surface area contributed by atoms with Crippen LogP contribution in [0.15, 0.2) is 24.3 Å². The van der Waals surface area contributed by atoms with Crippen molar-refractivity contribution in [3.05, 3.63) is 34.9 Å². The summed E-state index contributed by atoms with van der Waals surface area (Å²) in [4.78, 5) is 9.91. The van der Waals surface area contributed by atoms with Crippen LogP contribution in [-0.2, 0) is 16.1 Å². The van der Waals surface area contributed by atoms with Crippen molar-refractivity contribution in [3.63, 3.8) is 0 Å². The highest BCUT2D eigenvalue weighted by atomic mass is 35.5. The molecule has 0 aliphatic rings. The van der Waals surface area contributed by atoms with Crippen molar-refractivity contribution < 1.29 is 9.53 Å². The second kappa shape index (κ2) is 4.91. The van der Waals surface area contributed by atoms with Gasteiger partial charge < -0.3 is 9.53 Å². The Hall–Kier alpha value is -0.860. The van der Waals surface area contributed by atoms with E-state index >= 15 is 0 Å². The molecule has 0 amide bonds. The Kier molecular flexibility index (Phi) is 3.77. The third-order valence-corrected chi connectivity index (χ3v) is 1.58. The maximum atomic E-state index is 9.91. The van der Waals surface area contributed by atoms with Crippen LogP contribution in [0, 0.1) is 0 Å². The molecule has 0 unspecified atom stereocenters. The van der Waals surface area contributed by atoms with Gasteiger partial charge in [-0.15, -0.1) is 0 Å². The molecule has 0 bridgehead atoms. The number of halogens is 1. The van der Waals surface area contributed by atoms with Crippen LogP contribution < -0.4 is 0 Å². The van der Waals surface area contributed by atoms with Crippen LogP contribution in [0.25, 0.3) is 0 Å². The zero-order chi connectivity index (χ0) is 8.81. The van der Waals surface area contributed by atoms with E-state index in [1.54, 1.807) is 6.07 Å². The first-order valence-electron chi connectivity index (χ1n) is 3.59. The summed E-state index contributed by atoms with van der Waals surface area (Å²) >= 11 is 5.73. The van der Waals surface area contributed by atoms with Crippen molar-refractivity contribution in [3.8, 4) is 0 Å². The van der Waals surface area contributed by atoms with Gasteiger partial charge in [-0.05, 0) is 17.7 Å². The minimum absolute atomic E-state index is 0.131. The minimum atomic E-state index is 0.131. The maximum absolute atomic E-state index is 9.91. The lowest BCUT2D eigenvalue weighted by atomic mass is 10.2. The first-order valence-corrected chi connectivity index (χ1v) is 3.96. The van der Waals surface area contributed by atoms with Crippen LogP contribution in [0.5, 0.6) is 0 Å². The van der Waals surface area contributed by atoms with Gasteiger partial charge in [0.2, 0.25) is 0 Å². The van der Waals surface area contributed by atoms with Gasteiger partial charge in [-0.2, -0.15) is 0 Å². The quantitative estimate of drug-likeness (QED) is 0.529. The van der Waals surface area contributed by atoms with Gasteiger partial charge in [0.25, 0.3) is 0 Å². The molecule has 1 aromatic carbocycles. The van der Waals surface area contributed by atoms with Gasteiger partial charge in [0, 0.05) is 5.02 Å². The molecular formula is C9H9ClO2. The summed E-state index contributed by atoms with van der Waals surface area (Å²) in [5.74, 6) is 0. The SMILES string of the molecule is O=CCOCc1cccc(Cl)c1. The summed E-state index contributed by atoms with van der Waals surface area (Å²) in [6, 6.07) is 7.36. The molecule has 1 rings (SSSR count). The molecule has 0 saturated heterocycles. The van der Waals surface area contributed by atoms with Crippen LogP contribution in [0.3, 0.4) is 0 Å². The average molecular weight is 185 g/mol. The highest BCUT2D eigenvalue weighted by Gasteiger charge is 1.93. The fraction of sp³-hybridized carbons (Fsp3) is 0.222. The molecule has 0 aliphatic carbocycles. The van der Waals surface area contributed by atoms with Crippen LogP contribution in [0.1, 0.15) is 5.56 Å². The number of hydrogen-bond acceptors (Lipinski definition) is 2. The smallest absolute Gasteiger partial charge is 0.145 e. The fourth-order valence-electron chi connectivity index (χ4n) is 0.852. The number of carbonyl (C=O) groups is 1. The molecule has 3 heteroatoms. The van der Waals surface area contributed by atoms with Crippen molar-refractivity contribution in [2.45, 2.75) is 6.61 Å². The number of carbonyl (C=O) groups excluding carboxylic acids is 1. The summed E-state index contributed by atoms with van der Waals surface area (Å²) in [6.07, 6.45) is 0.727. The lowest BCUT2D eigenvalue weighted by Crippen LogP contribution is -1.95.